The minimum atomic E-state index is -0.536. The molecular weight excluding hydrogens is 242 g/mol. The minimum Gasteiger partial charge on any atom is -0.439 e. The number of carbonyl (C=O) groups excluding carboxylic acids is 2. The molecule has 1 saturated heterocycles. The van der Waals surface area contributed by atoms with Crippen molar-refractivity contribution in [2.45, 2.75) is 39.3 Å². The van der Waals surface area contributed by atoms with E-state index in [1.54, 1.807) is 0 Å². The van der Waals surface area contributed by atoms with Crippen molar-refractivity contribution >= 4 is 12.0 Å². The van der Waals surface area contributed by atoms with Crippen LogP contribution in [0.25, 0.3) is 0 Å². The Bertz CT molecular complexity index is 472. The third-order valence-electron chi connectivity index (χ3n) is 3.67. The number of nitrogens with zero attached hydrogens (tertiary/aromatic N) is 1. The molecule has 1 fully saturated rings. The SMILES string of the molecule is CC[C@@H](C)C(=O)N1C(=O)O[C@@H](c2ccccc2)[C@H]1C. The van der Waals surface area contributed by atoms with E-state index in [1.165, 1.54) is 4.90 Å². The zero-order valence-corrected chi connectivity index (χ0v) is 11.5. The molecule has 102 valence electrons. The maximum atomic E-state index is 12.2. The number of cyclic esters (lactones) is 1. The summed E-state index contributed by atoms with van der Waals surface area (Å²) in [5.41, 5.74) is 0.919. The van der Waals surface area contributed by atoms with Crippen LogP contribution < -0.4 is 0 Å². The van der Waals surface area contributed by atoms with Crippen molar-refractivity contribution < 1.29 is 14.3 Å². The average molecular weight is 261 g/mol. The van der Waals surface area contributed by atoms with Crippen LogP contribution in [0.5, 0.6) is 0 Å². The van der Waals surface area contributed by atoms with Crippen molar-refractivity contribution in [3.63, 3.8) is 0 Å². The number of rotatable bonds is 3. The molecule has 0 aliphatic carbocycles. The molecule has 2 amide bonds. The summed E-state index contributed by atoms with van der Waals surface area (Å²) >= 11 is 0. The summed E-state index contributed by atoms with van der Waals surface area (Å²) < 4.78 is 5.35. The molecule has 1 aromatic carbocycles. The van der Waals surface area contributed by atoms with E-state index in [4.69, 9.17) is 4.74 Å². The van der Waals surface area contributed by atoms with E-state index in [-0.39, 0.29) is 24.0 Å². The van der Waals surface area contributed by atoms with Crippen LogP contribution in [0.3, 0.4) is 0 Å². The standard InChI is InChI=1S/C15H19NO3/c1-4-10(2)14(17)16-11(3)13(19-15(16)18)12-8-6-5-7-9-12/h5-11,13H,4H2,1-3H3/t10-,11-,13-/m1/s1. The third-order valence-corrected chi connectivity index (χ3v) is 3.67. The Hall–Kier alpha value is -1.84. The highest BCUT2D eigenvalue weighted by atomic mass is 16.6. The van der Waals surface area contributed by atoms with Crippen LogP contribution in [0.2, 0.25) is 0 Å². The van der Waals surface area contributed by atoms with Gasteiger partial charge in [-0.05, 0) is 18.9 Å². The van der Waals surface area contributed by atoms with Crippen LogP contribution in [0, 0.1) is 5.92 Å². The van der Waals surface area contributed by atoms with E-state index in [1.807, 2.05) is 51.1 Å². The highest BCUT2D eigenvalue weighted by Gasteiger charge is 2.44. The zero-order chi connectivity index (χ0) is 14.0. The Morgan fingerprint density at radius 1 is 1.37 bits per heavy atom. The Labute approximate surface area is 113 Å². The van der Waals surface area contributed by atoms with Crippen molar-refractivity contribution in [3.05, 3.63) is 35.9 Å². The number of benzene rings is 1. The van der Waals surface area contributed by atoms with Crippen molar-refractivity contribution in [2.75, 3.05) is 0 Å². The van der Waals surface area contributed by atoms with Crippen LogP contribution in [-0.2, 0) is 9.53 Å². The number of carbonyl (C=O) groups is 2. The number of imide groups is 1. The van der Waals surface area contributed by atoms with E-state index in [9.17, 15) is 9.59 Å². The van der Waals surface area contributed by atoms with Gasteiger partial charge in [0.1, 0.15) is 6.10 Å². The van der Waals surface area contributed by atoms with Crippen LogP contribution in [0.1, 0.15) is 38.9 Å². The second-order valence-electron chi connectivity index (χ2n) is 4.97. The normalized spacial score (nSPS) is 24.2. The molecule has 0 spiro atoms. The zero-order valence-electron chi connectivity index (χ0n) is 11.5. The molecule has 0 bridgehead atoms. The lowest BCUT2D eigenvalue weighted by Crippen LogP contribution is -2.40. The Morgan fingerprint density at radius 3 is 2.58 bits per heavy atom. The van der Waals surface area contributed by atoms with Crippen LogP contribution in [0.15, 0.2) is 30.3 Å². The van der Waals surface area contributed by atoms with Gasteiger partial charge in [0, 0.05) is 5.92 Å². The van der Waals surface area contributed by atoms with Gasteiger partial charge in [-0.1, -0.05) is 44.2 Å². The average Bonchev–Trinajstić information content (AvgIpc) is 2.73. The molecule has 1 aromatic rings. The summed E-state index contributed by atoms with van der Waals surface area (Å²) in [6, 6.07) is 9.26. The Balaban J connectivity index is 2.22. The predicted molar refractivity (Wildman–Crippen MR) is 71.4 cm³/mol. The molecule has 3 atom stereocenters. The quantitative estimate of drug-likeness (QED) is 0.839. The monoisotopic (exact) mass is 261 g/mol. The van der Waals surface area contributed by atoms with Gasteiger partial charge < -0.3 is 4.74 Å². The number of ether oxygens (including phenoxy) is 1. The molecule has 0 aromatic heterocycles. The fourth-order valence-corrected chi connectivity index (χ4v) is 2.26. The van der Waals surface area contributed by atoms with Gasteiger partial charge in [-0.15, -0.1) is 0 Å². The summed E-state index contributed by atoms with van der Waals surface area (Å²) in [5, 5.41) is 0. The van der Waals surface area contributed by atoms with E-state index in [0.717, 1.165) is 5.56 Å². The summed E-state index contributed by atoms with van der Waals surface area (Å²) in [6.07, 6.45) is -0.195. The highest BCUT2D eigenvalue weighted by Crippen LogP contribution is 2.33. The van der Waals surface area contributed by atoms with E-state index in [0.29, 0.717) is 6.42 Å². The van der Waals surface area contributed by atoms with Gasteiger partial charge in [0.05, 0.1) is 6.04 Å². The van der Waals surface area contributed by atoms with Crippen molar-refractivity contribution in [2.24, 2.45) is 5.92 Å². The van der Waals surface area contributed by atoms with Gasteiger partial charge in [-0.3, -0.25) is 4.79 Å². The van der Waals surface area contributed by atoms with Gasteiger partial charge in [0.15, 0.2) is 0 Å². The molecule has 1 heterocycles. The largest absolute Gasteiger partial charge is 0.439 e. The van der Waals surface area contributed by atoms with Gasteiger partial charge in [-0.25, -0.2) is 9.69 Å². The summed E-state index contributed by atoms with van der Waals surface area (Å²) in [6.45, 7) is 5.62. The summed E-state index contributed by atoms with van der Waals surface area (Å²) in [5.74, 6) is -0.317. The van der Waals surface area contributed by atoms with Gasteiger partial charge in [0.2, 0.25) is 5.91 Å². The van der Waals surface area contributed by atoms with Gasteiger partial charge >= 0.3 is 6.09 Å². The predicted octanol–water partition coefficient (Wildman–Crippen LogP) is 3.14. The lowest BCUT2D eigenvalue weighted by atomic mass is 10.0. The van der Waals surface area contributed by atoms with Crippen molar-refractivity contribution in [3.8, 4) is 0 Å². The van der Waals surface area contributed by atoms with Crippen LogP contribution in [0.4, 0.5) is 4.79 Å². The molecule has 0 unspecified atom stereocenters. The molecule has 19 heavy (non-hydrogen) atoms. The first-order valence-corrected chi connectivity index (χ1v) is 6.64. The molecule has 1 aliphatic heterocycles. The molecular formula is C15H19NO3. The molecule has 0 N–H and O–H groups in total. The molecule has 4 heteroatoms. The van der Waals surface area contributed by atoms with Gasteiger partial charge in [0.25, 0.3) is 0 Å². The first-order valence-electron chi connectivity index (χ1n) is 6.64. The maximum Gasteiger partial charge on any atom is 0.417 e. The van der Waals surface area contributed by atoms with E-state index in [2.05, 4.69) is 0 Å². The Morgan fingerprint density at radius 2 is 2.00 bits per heavy atom. The van der Waals surface area contributed by atoms with E-state index < -0.39 is 6.09 Å². The lowest BCUT2D eigenvalue weighted by Gasteiger charge is -2.21. The molecule has 1 aliphatic rings. The smallest absolute Gasteiger partial charge is 0.417 e. The molecule has 0 radical (unpaired) electrons. The number of hydrogen-bond acceptors (Lipinski definition) is 3. The first-order chi connectivity index (χ1) is 9.06. The minimum absolute atomic E-state index is 0.154. The second kappa shape index (κ2) is 5.43. The summed E-state index contributed by atoms with van der Waals surface area (Å²) in [7, 11) is 0. The number of amides is 2. The van der Waals surface area contributed by atoms with Crippen molar-refractivity contribution in [1.29, 1.82) is 0 Å². The first kappa shape index (κ1) is 13.6. The van der Waals surface area contributed by atoms with Gasteiger partial charge in [-0.2, -0.15) is 0 Å². The highest BCUT2D eigenvalue weighted by molar-refractivity contribution is 5.94. The van der Waals surface area contributed by atoms with Crippen LogP contribution >= 0.6 is 0 Å². The maximum absolute atomic E-state index is 12.2. The third kappa shape index (κ3) is 2.48. The Kier molecular flexibility index (Phi) is 3.88. The topological polar surface area (TPSA) is 46.6 Å². The van der Waals surface area contributed by atoms with Crippen molar-refractivity contribution in [1.82, 2.24) is 4.90 Å². The molecule has 2 rings (SSSR count). The lowest BCUT2D eigenvalue weighted by molar-refractivity contribution is -0.132. The fourth-order valence-electron chi connectivity index (χ4n) is 2.26. The molecule has 4 nitrogen and oxygen atoms in total. The summed E-state index contributed by atoms with van der Waals surface area (Å²) in [4.78, 5) is 25.4. The fraction of sp³-hybridized carbons (Fsp3) is 0.467. The van der Waals surface area contributed by atoms with E-state index >= 15 is 0 Å². The number of hydrogen-bond donors (Lipinski definition) is 0. The second-order valence-corrected chi connectivity index (χ2v) is 4.97. The molecule has 0 saturated carbocycles. The van der Waals surface area contributed by atoms with Crippen LogP contribution in [-0.4, -0.2) is 22.9 Å².